The van der Waals surface area contributed by atoms with E-state index in [1.54, 1.807) is 35.2 Å². The summed E-state index contributed by atoms with van der Waals surface area (Å²) in [5, 5.41) is 13.4. The van der Waals surface area contributed by atoms with E-state index in [1.807, 2.05) is 12.1 Å². The Balaban J connectivity index is 1.95. The SMILES string of the molecule is Oc1ccc(SCc2ccsc2)cc1. The average molecular weight is 222 g/mol. The van der Waals surface area contributed by atoms with Gasteiger partial charge in [0.25, 0.3) is 0 Å². The first-order valence-corrected chi connectivity index (χ1v) is 6.20. The van der Waals surface area contributed by atoms with Crippen molar-refractivity contribution in [2.75, 3.05) is 0 Å². The third-order valence-electron chi connectivity index (χ3n) is 1.82. The summed E-state index contributed by atoms with van der Waals surface area (Å²) in [6, 6.07) is 9.45. The fourth-order valence-corrected chi connectivity index (χ4v) is 2.70. The van der Waals surface area contributed by atoms with Crippen LogP contribution in [0.3, 0.4) is 0 Å². The van der Waals surface area contributed by atoms with Crippen LogP contribution in [0, 0.1) is 0 Å². The lowest BCUT2D eigenvalue weighted by Crippen LogP contribution is -1.75. The van der Waals surface area contributed by atoms with E-state index < -0.39 is 0 Å². The second kappa shape index (κ2) is 4.53. The van der Waals surface area contributed by atoms with Gasteiger partial charge >= 0.3 is 0 Å². The quantitative estimate of drug-likeness (QED) is 0.798. The van der Waals surface area contributed by atoms with E-state index in [9.17, 15) is 0 Å². The highest BCUT2D eigenvalue weighted by Crippen LogP contribution is 2.25. The van der Waals surface area contributed by atoms with E-state index >= 15 is 0 Å². The van der Waals surface area contributed by atoms with E-state index in [0.29, 0.717) is 5.75 Å². The highest BCUT2D eigenvalue weighted by atomic mass is 32.2. The standard InChI is InChI=1S/C11H10OS2/c12-10-1-3-11(4-2-10)14-8-9-5-6-13-7-9/h1-7,12H,8H2. The molecule has 0 unspecified atom stereocenters. The van der Waals surface area contributed by atoms with Crippen molar-refractivity contribution in [3.8, 4) is 5.75 Å². The van der Waals surface area contributed by atoms with E-state index in [2.05, 4.69) is 16.8 Å². The molecule has 14 heavy (non-hydrogen) atoms. The van der Waals surface area contributed by atoms with Gasteiger partial charge in [-0.15, -0.1) is 11.8 Å². The summed E-state index contributed by atoms with van der Waals surface area (Å²) < 4.78 is 0. The molecule has 0 spiro atoms. The van der Waals surface area contributed by atoms with Crippen LogP contribution in [0.4, 0.5) is 0 Å². The molecule has 0 atom stereocenters. The molecule has 72 valence electrons. The number of phenols is 1. The maximum atomic E-state index is 9.10. The van der Waals surface area contributed by atoms with Crippen molar-refractivity contribution in [1.29, 1.82) is 0 Å². The highest BCUT2D eigenvalue weighted by Gasteiger charge is 1.96. The molecule has 1 heterocycles. The monoisotopic (exact) mass is 222 g/mol. The van der Waals surface area contributed by atoms with E-state index in [1.165, 1.54) is 10.5 Å². The molecule has 0 bridgehead atoms. The first-order valence-electron chi connectivity index (χ1n) is 4.27. The summed E-state index contributed by atoms with van der Waals surface area (Å²) in [7, 11) is 0. The minimum atomic E-state index is 0.324. The minimum Gasteiger partial charge on any atom is -0.508 e. The lowest BCUT2D eigenvalue weighted by Gasteiger charge is -1.99. The maximum Gasteiger partial charge on any atom is 0.115 e. The van der Waals surface area contributed by atoms with E-state index in [0.717, 1.165) is 5.75 Å². The van der Waals surface area contributed by atoms with Gasteiger partial charge < -0.3 is 5.11 Å². The van der Waals surface area contributed by atoms with Gasteiger partial charge in [0.15, 0.2) is 0 Å². The van der Waals surface area contributed by atoms with Gasteiger partial charge in [0.05, 0.1) is 0 Å². The lowest BCUT2D eigenvalue weighted by molar-refractivity contribution is 0.475. The largest absolute Gasteiger partial charge is 0.508 e. The van der Waals surface area contributed by atoms with Crippen molar-refractivity contribution in [3.63, 3.8) is 0 Å². The highest BCUT2D eigenvalue weighted by molar-refractivity contribution is 7.98. The minimum absolute atomic E-state index is 0.324. The molecule has 0 saturated carbocycles. The van der Waals surface area contributed by atoms with Gasteiger partial charge in [0.1, 0.15) is 5.75 Å². The molecule has 0 aliphatic carbocycles. The third-order valence-corrected chi connectivity index (χ3v) is 3.64. The summed E-state index contributed by atoms with van der Waals surface area (Å²) in [5.74, 6) is 1.32. The second-order valence-electron chi connectivity index (χ2n) is 2.91. The molecule has 2 rings (SSSR count). The molecule has 1 N–H and O–H groups in total. The summed E-state index contributed by atoms with van der Waals surface area (Å²) in [6.07, 6.45) is 0. The number of benzene rings is 1. The van der Waals surface area contributed by atoms with Gasteiger partial charge in [0.2, 0.25) is 0 Å². The van der Waals surface area contributed by atoms with Crippen molar-refractivity contribution >= 4 is 23.1 Å². The number of hydrogen-bond donors (Lipinski definition) is 1. The predicted molar refractivity (Wildman–Crippen MR) is 62.0 cm³/mol. The Morgan fingerprint density at radius 3 is 2.57 bits per heavy atom. The van der Waals surface area contributed by atoms with E-state index in [-0.39, 0.29) is 0 Å². The van der Waals surface area contributed by atoms with Crippen LogP contribution < -0.4 is 0 Å². The molecule has 0 aliphatic rings. The number of thioether (sulfide) groups is 1. The summed E-state index contributed by atoms with van der Waals surface area (Å²) in [4.78, 5) is 1.19. The lowest BCUT2D eigenvalue weighted by atomic mass is 10.3. The Kier molecular flexibility index (Phi) is 3.11. The normalized spacial score (nSPS) is 10.3. The van der Waals surface area contributed by atoms with Gasteiger partial charge in [0, 0.05) is 10.6 Å². The first-order chi connectivity index (χ1) is 6.84. The Morgan fingerprint density at radius 2 is 1.93 bits per heavy atom. The Bertz CT molecular complexity index is 378. The van der Waals surface area contributed by atoms with E-state index in [4.69, 9.17) is 5.11 Å². The second-order valence-corrected chi connectivity index (χ2v) is 4.74. The van der Waals surface area contributed by atoms with Crippen LogP contribution in [0.1, 0.15) is 5.56 Å². The maximum absolute atomic E-state index is 9.10. The zero-order valence-electron chi connectivity index (χ0n) is 7.51. The number of thiophene rings is 1. The fraction of sp³-hybridized carbons (Fsp3) is 0.0909. The molecule has 1 aromatic carbocycles. The molecular weight excluding hydrogens is 212 g/mol. The molecule has 0 radical (unpaired) electrons. The fourth-order valence-electron chi connectivity index (χ4n) is 1.08. The van der Waals surface area contributed by atoms with Gasteiger partial charge in [-0.2, -0.15) is 11.3 Å². The van der Waals surface area contributed by atoms with Gasteiger partial charge in [-0.1, -0.05) is 0 Å². The molecule has 1 nitrogen and oxygen atoms in total. The van der Waals surface area contributed by atoms with Gasteiger partial charge in [-0.3, -0.25) is 0 Å². The summed E-state index contributed by atoms with van der Waals surface area (Å²) in [6.45, 7) is 0. The van der Waals surface area contributed by atoms with Crippen LogP contribution in [-0.2, 0) is 5.75 Å². The summed E-state index contributed by atoms with van der Waals surface area (Å²) >= 11 is 3.51. The summed E-state index contributed by atoms with van der Waals surface area (Å²) in [5.41, 5.74) is 1.35. The van der Waals surface area contributed by atoms with Crippen molar-refractivity contribution in [3.05, 3.63) is 46.7 Å². The Labute approximate surface area is 91.4 Å². The molecule has 0 aliphatic heterocycles. The van der Waals surface area contributed by atoms with Crippen molar-refractivity contribution in [2.24, 2.45) is 0 Å². The Hall–Kier alpha value is -0.930. The Morgan fingerprint density at radius 1 is 1.14 bits per heavy atom. The third kappa shape index (κ3) is 2.53. The van der Waals surface area contributed by atoms with Crippen LogP contribution in [0.25, 0.3) is 0 Å². The van der Waals surface area contributed by atoms with Crippen LogP contribution >= 0.6 is 23.1 Å². The predicted octanol–water partition coefficient (Wildman–Crippen LogP) is 3.75. The van der Waals surface area contributed by atoms with Crippen LogP contribution in [0.2, 0.25) is 0 Å². The van der Waals surface area contributed by atoms with Crippen LogP contribution in [-0.4, -0.2) is 5.11 Å². The zero-order chi connectivity index (χ0) is 9.80. The van der Waals surface area contributed by atoms with Crippen LogP contribution in [0.5, 0.6) is 5.75 Å². The molecule has 0 saturated heterocycles. The number of hydrogen-bond acceptors (Lipinski definition) is 3. The van der Waals surface area contributed by atoms with Gasteiger partial charge in [-0.25, -0.2) is 0 Å². The van der Waals surface area contributed by atoms with Crippen molar-refractivity contribution in [1.82, 2.24) is 0 Å². The topological polar surface area (TPSA) is 20.2 Å². The average Bonchev–Trinajstić information content (AvgIpc) is 2.70. The van der Waals surface area contributed by atoms with Crippen molar-refractivity contribution < 1.29 is 5.11 Å². The van der Waals surface area contributed by atoms with Crippen molar-refractivity contribution in [2.45, 2.75) is 10.6 Å². The van der Waals surface area contributed by atoms with Crippen LogP contribution in [0.15, 0.2) is 46.0 Å². The van der Waals surface area contributed by atoms with Gasteiger partial charge in [-0.05, 0) is 46.7 Å². The first kappa shape index (κ1) is 9.62. The molecule has 0 fully saturated rings. The molecule has 2 aromatic rings. The zero-order valence-corrected chi connectivity index (χ0v) is 9.15. The smallest absolute Gasteiger partial charge is 0.115 e. The number of rotatable bonds is 3. The molecule has 1 aromatic heterocycles. The molecular formula is C11H10OS2. The molecule has 0 amide bonds. The molecule has 3 heteroatoms. The number of aromatic hydroxyl groups is 1. The number of phenolic OH excluding ortho intramolecular Hbond substituents is 1.